The Kier molecular flexibility index (Phi) is 5.17. The van der Waals surface area contributed by atoms with Gasteiger partial charge in [0.2, 0.25) is 0 Å². The zero-order valence-corrected chi connectivity index (χ0v) is 19.2. The van der Waals surface area contributed by atoms with Crippen LogP contribution >= 0.6 is 23.6 Å². The second kappa shape index (κ2) is 7.71. The van der Waals surface area contributed by atoms with Crippen LogP contribution in [0, 0.1) is 4.77 Å². The van der Waals surface area contributed by atoms with Crippen molar-refractivity contribution >= 4 is 33.4 Å². The quantitative estimate of drug-likeness (QED) is 0.558. The van der Waals surface area contributed by atoms with Crippen molar-refractivity contribution in [3.63, 3.8) is 0 Å². The number of benzene rings is 1. The first-order valence-corrected chi connectivity index (χ1v) is 13.2. The Bertz CT molecular complexity index is 1230. The minimum Gasteiger partial charge on any atom is -0.307 e. The molecule has 6 nitrogen and oxygen atoms in total. The lowest BCUT2D eigenvalue weighted by molar-refractivity contribution is 0.156. The highest BCUT2D eigenvalue weighted by Crippen LogP contribution is 2.38. The van der Waals surface area contributed by atoms with E-state index in [1.54, 1.807) is 0 Å². The maximum absolute atomic E-state index is 11.9. The van der Waals surface area contributed by atoms with Crippen molar-refractivity contribution in [2.75, 3.05) is 18.1 Å². The van der Waals surface area contributed by atoms with Crippen LogP contribution in [-0.2, 0) is 30.0 Å². The zero-order chi connectivity index (χ0) is 20.9. The van der Waals surface area contributed by atoms with Crippen LogP contribution in [0.1, 0.15) is 40.2 Å². The normalized spacial score (nSPS) is 23.5. The molecule has 9 heteroatoms. The molecule has 5 rings (SSSR count). The predicted molar refractivity (Wildman–Crippen MR) is 121 cm³/mol. The van der Waals surface area contributed by atoms with Crippen molar-refractivity contribution < 1.29 is 8.42 Å². The van der Waals surface area contributed by atoms with Crippen LogP contribution in [0.25, 0.3) is 0 Å². The maximum Gasteiger partial charge on any atom is 0.198 e. The second-order valence-electron chi connectivity index (χ2n) is 8.12. The van der Waals surface area contributed by atoms with Gasteiger partial charge in [0.1, 0.15) is 5.82 Å². The van der Waals surface area contributed by atoms with E-state index in [0.717, 1.165) is 18.8 Å². The monoisotopic (exact) mass is 460 g/mol. The van der Waals surface area contributed by atoms with Crippen LogP contribution in [0.15, 0.2) is 41.8 Å². The van der Waals surface area contributed by atoms with Gasteiger partial charge in [0.15, 0.2) is 14.6 Å². The van der Waals surface area contributed by atoms with Crippen LogP contribution in [0.3, 0.4) is 0 Å². The summed E-state index contributed by atoms with van der Waals surface area (Å²) in [6, 6.07) is 13.0. The summed E-state index contributed by atoms with van der Waals surface area (Å²) in [5, 5.41) is 6.97. The summed E-state index contributed by atoms with van der Waals surface area (Å²) in [6.45, 7) is 1.51. The molecule has 2 unspecified atom stereocenters. The lowest BCUT2D eigenvalue weighted by Gasteiger charge is -2.36. The van der Waals surface area contributed by atoms with E-state index in [2.05, 4.69) is 40.6 Å². The van der Waals surface area contributed by atoms with Crippen molar-refractivity contribution in [3.05, 3.63) is 68.4 Å². The largest absolute Gasteiger partial charge is 0.307 e. The molecule has 0 bridgehead atoms. The van der Waals surface area contributed by atoms with Gasteiger partial charge in [-0.2, -0.15) is 5.10 Å². The van der Waals surface area contributed by atoms with Crippen molar-refractivity contribution in [1.29, 1.82) is 0 Å². The molecule has 1 fully saturated rings. The van der Waals surface area contributed by atoms with Gasteiger partial charge in [-0.3, -0.25) is 4.90 Å². The zero-order valence-electron chi connectivity index (χ0n) is 16.8. The van der Waals surface area contributed by atoms with Gasteiger partial charge in [0.25, 0.3) is 0 Å². The third kappa shape index (κ3) is 3.57. The Morgan fingerprint density at radius 3 is 2.77 bits per heavy atom. The molecule has 2 atom stereocenters. The van der Waals surface area contributed by atoms with Gasteiger partial charge >= 0.3 is 0 Å². The van der Waals surface area contributed by atoms with Crippen LogP contribution in [0.5, 0.6) is 0 Å². The molecule has 3 aromatic rings. The highest BCUT2D eigenvalue weighted by atomic mass is 32.2. The molecule has 0 spiro atoms. The van der Waals surface area contributed by atoms with E-state index >= 15 is 0 Å². The number of fused-ring (bicyclic) bond motifs is 1. The van der Waals surface area contributed by atoms with Gasteiger partial charge < -0.3 is 4.57 Å². The van der Waals surface area contributed by atoms with E-state index in [1.165, 1.54) is 16.0 Å². The molecule has 0 radical (unpaired) electrons. The van der Waals surface area contributed by atoms with Gasteiger partial charge in [-0.05, 0) is 47.6 Å². The van der Waals surface area contributed by atoms with E-state index in [1.807, 2.05) is 33.7 Å². The van der Waals surface area contributed by atoms with Crippen molar-refractivity contribution in [2.45, 2.75) is 31.5 Å². The summed E-state index contributed by atoms with van der Waals surface area (Å²) in [4.78, 5) is 3.86. The highest BCUT2D eigenvalue weighted by Gasteiger charge is 2.34. The minimum atomic E-state index is -2.97. The summed E-state index contributed by atoms with van der Waals surface area (Å²) >= 11 is 7.51. The smallest absolute Gasteiger partial charge is 0.198 e. The molecule has 2 aliphatic heterocycles. The van der Waals surface area contributed by atoms with Gasteiger partial charge in [-0.1, -0.05) is 30.3 Å². The summed E-state index contributed by atoms with van der Waals surface area (Å²) < 4.78 is 28.3. The number of rotatable bonds is 4. The summed E-state index contributed by atoms with van der Waals surface area (Å²) in [5.41, 5.74) is 2.63. The van der Waals surface area contributed by atoms with E-state index in [-0.39, 0.29) is 23.5 Å². The number of hydrogen-bond donors (Lipinski definition) is 0. The first-order chi connectivity index (χ1) is 14.4. The molecular formula is C21H24N4O2S3. The number of thiophene rings is 1. The molecular weight excluding hydrogens is 436 g/mol. The Balaban J connectivity index is 1.48. The second-order valence-corrected chi connectivity index (χ2v) is 11.7. The summed E-state index contributed by atoms with van der Waals surface area (Å²) in [6.07, 6.45) is 1.64. The molecule has 0 amide bonds. The minimum absolute atomic E-state index is 0.0716. The number of nitrogens with zero attached hydrogens (tertiary/aromatic N) is 4. The van der Waals surface area contributed by atoms with Gasteiger partial charge in [0.05, 0.1) is 24.2 Å². The first kappa shape index (κ1) is 20.1. The highest BCUT2D eigenvalue weighted by molar-refractivity contribution is 7.91. The molecule has 1 aromatic carbocycles. The van der Waals surface area contributed by atoms with Crippen molar-refractivity contribution in [3.8, 4) is 0 Å². The lowest BCUT2D eigenvalue weighted by Crippen LogP contribution is -2.37. The standard InChI is InChI=1S/C21H24N4O2S3/c1-23-20(16-9-12-30(26,27)13-16)22-25(21(23)28)14-24-10-7-18-17(8-11-29-18)19(24)15-5-3-2-4-6-15/h2-6,8,11,16,19H,7,9-10,12-14H2,1H3. The summed E-state index contributed by atoms with van der Waals surface area (Å²) in [7, 11) is -1.07. The molecule has 2 aliphatic rings. The maximum atomic E-state index is 11.9. The Morgan fingerprint density at radius 1 is 1.23 bits per heavy atom. The van der Waals surface area contributed by atoms with E-state index < -0.39 is 9.84 Å². The molecule has 4 heterocycles. The third-order valence-corrected chi connectivity index (χ3v) is 9.42. The van der Waals surface area contributed by atoms with Crippen LogP contribution in [0.2, 0.25) is 0 Å². The van der Waals surface area contributed by atoms with Gasteiger partial charge in [0, 0.05) is 24.4 Å². The average Bonchev–Trinajstić information content (AvgIpc) is 3.42. The molecule has 30 heavy (non-hydrogen) atoms. The van der Waals surface area contributed by atoms with Crippen LogP contribution in [-0.4, -0.2) is 45.7 Å². The topological polar surface area (TPSA) is 60.1 Å². The van der Waals surface area contributed by atoms with Crippen LogP contribution in [0.4, 0.5) is 0 Å². The first-order valence-electron chi connectivity index (χ1n) is 10.1. The van der Waals surface area contributed by atoms with Crippen LogP contribution < -0.4 is 0 Å². The van der Waals surface area contributed by atoms with E-state index in [9.17, 15) is 8.42 Å². The molecule has 0 aliphatic carbocycles. The number of hydrogen-bond acceptors (Lipinski definition) is 6. The van der Waals surface area contributed by atoms with Crippen molar-refractivity contribution in [1.82, 2.24) is 19.2 Å². The third-order valence-electron chi connectivity index (χ3n) is 6.17. The van der Waals surface area contributed by atoms with Crippen molar-refractivity contribution in [2.24, 2.45) is 7.05 Å². The molecule has 2 aromatic heterocycles. The fraction of sp³-hybridized carbons (Fsp3) is 0.429. The summed E-state index contributed by atoms with van der Waals surface area (Å²) in [5.74, 6) is 1.12. The van der Waals surface area contributed by atoms with Gasteiger partial charge in [-0.15, -0.1) is 11.3 Å². The molecule has 0 N–H and O–H groups in total. The number of sulfone groups is 1. The Morgan fingerprint density at radius 2 is 2.03 bits per heavy atom. The number of aromatic nitrogens is 3. The van der Waals surface area contributed by atoms with Gasteiger partial charge in [-0.25, -0.2) is 13.1 Å². The Hall–Kier alpha value is -1.81. The lowest BCUT2D eigenvalue weighted by atomic mass is 9.94. The van der Waals surface area contributed by atoms with E-state index in [4.69, 9.17) is 17.3 Å². The predicted octanol–water partition coefficient (Wildman–Crippen LogP) is 3.52. The SMILES string of the molecule is Cn1c(C2CCS(=O)(=O)C2)nn(CN2CCc3sccc3C2c2ccccc2)c1=S. The molecule has 0 saturated carbocycles. The fourth-order valence-corrected chi connectivity index (χ4v) is 7.50. The van der Waals surface area contributed by atoms with E-state index in [0.29, 0.717) is 17.9 Å². The Labute approximate surface area is 185 Å². The molecule has 158 valence electrons. The molecule has 1 saturated heterocycles. The fourth-order valence-electron chi connectivity index (χ4n) is 4.67. The average molecular weight is 461 g/mol.